The van der Waals surface area contributed by atoms with Crippen LogP contribution in [0.5, 0.6) is 0 Å². The van der Waals surface area contributed by atoms with Gasteiger partial charge in [-0.2, -0.15) is 0 Å². The van der Waals surface area contributed by atoms with Gasteiger partial charge in [-0.05, 0) is 37.5 Å². The molecule has 1 aliphatic rings. The van der Waals surface area contributed by atoms with E-state index in [0.717, 1.165) is 5.56 Å². The first kappa shape index (κ1) is 12.9. The minimum atomic E-state index is -0.970. The number of anilines is 1. The molecule has 18 heavy (non-hydrogen) atoms. The average Bonchev–Trinajstić information content (AvgIpc) is 2.33. The number of carbonyl (C=O) groups excluding carboxylic acids is 1. The quantitative estimate of drug-likeness (QED) is 0.896. The van der Waals surface area contributed by atoms with E-state index in [1.807, 2.05) is 0 Å². The van der Waals surface area contributed by atoms with Gasteiger partial charge in [-0.3, -0.25) is 9.69 Å². The number of halogens is 1. The summed E-state index contributed by atoms with van der Waals surface area (Å²) in [4.78, 5) is 24.6. The van der Waals surface area contributed by atoms with Crippen molar-refractivity contribution in [3.63, 3.8) is 0 Å². The van der Waals surface area contributed by atoms with E-state index in [-0.39, 0.29) is 5.91 Å². The van der Waals surface area contributed by atoms with Gasteiger partial charge in [-0.1, -0.05) is 17.7 Å². The highest BCUT2D eigenvalue weighted by atomic mass is 35.5. The maximum atomic E-state index is 12.0. The van der Waals surface area contributed by atoms with Gasteiger partial charge >= 0.3 is 5.97 Å². The van der Waals surface area contributed by atoms with Gasteiger partial charge in [0, 0.05) is 17.1 Å². The normalized spacial score (nSPS) is 20.0. The predicted octanol–water partition coefficient (Wildman–Crippen LogP) is 2.62. The van der Waals surface area contributed by atoms with Gasteiger partial charge in [0.05, 0.1) is 0 Å². The fourth-order valence-corrected chi connectivity index (χ4v) is 2.43. The molecule has 1 heterocycles. The molecule has 1 amide bonds. The number of nitrogens with zero attached hydrogens (tertiary/aromatic N) is 1. The summed E-state index contributed by atoms with van der Waals surface area (Å²) < 4.78 is 0. The number of piperidine rings is 1. The number of carbonyl (C=O) groups is 2. The lowest BCUT2D eigenvalue weighted by Gasteiger charge is -2.34. The lowest BCUT2D eigenvalue weighted by molar-refractivity contribution is -0.141. The molecule has 1 N–H and O–H groups in total. The van der Waals surface area contributed by atoms with E-state index >= 15 is 0 Å². The van der Waals surface area contributed by atoms with Crippen LogP contribution < -0.4 is 4.90 Å². The Kier molecular flexibility index (Phi) is 3.57. The summed E-state index contributed by atoms with van der Waals surface area (Å²) in [5, 5.41) is 9.76. The second-order valence-electron chi connectivity index (χ2n) is 4.39. The van der Waals surface area contributed by atoms with Crippen LogP contribution in [-0.2, 0) is 9.59 Å². The zero-order valence-electron chi connectivity index (χ0n) is 10.0. The second-order valence-corrected chi connectivity index (χ2v) is 4.80. The van der Waals surface area contributed by atoms with Gasteiger partial charge in [0.2, 0.25) is 5.91 Å². The van der Waals surface area contributed by atoms with E-state index in [2.05, 4.69) is 0 Å². The Balaban J connectivity index is 2.47. The monoisotopic (exact) mass is 267 g/mol. The topological polar surface area (TPSA) is 57.6 Å². The molecule has 0 spiro atoms. The van der Waals surface area contributed by atoms with Gasteiger partial charge in [0.15, 0.2) is 0 Å². The van der Waals surface area contributed by atoms with E-state index in [1.54, 1.807) is 25.1 Å². The van der Waals surface area contributed by atoms with Crippen molar-refractivity contribution in [3.8, 4) is 0 Å². The Labute approximate surface area is 110 Å². The Morgan fingerprint density at radius 2 is 2.22 bits per heavy atom. The molecule has 0 bridgehead atoms. The van der Waals surface area contributed by atoms with Crippen LogP contribution in [0.3, 0.4) is 0 Å². The third-order valence-electron chi connectivity index (χ3n) is 3.23. The van der Waals surface area contributed by atoms with Crippen LogP contribution in [-0.4, -0.2) is 23.0 Å². The first-order chi connectivity index (χ1) is 8.52. The van der Waals surface area contributed by atoms with E-state index in [4.69, 9.17) is 11.6 Å². The first-order valence-electron chi connectivity index (χ1n) is 5.82. The molecular formula is C13H14ClNO3. The van der Waals surface area contributed by atoms with Crippen LogP contribution in [0, 0.1) is 6.92 Å². The van der Waals surface area contributed by atoms with Crippen molar-refractivity contribution >= 4 is 29.2 Å². The van der Waals surface area contributed by atoms with Crippen LogP contribution >= 0.6 is 11.6 Å². The molecule has 1 fully saturated rings. The van der Waals surface area contributed by atoms with E-state index < -0.39 is 12.0 Å². The molecule has 4 nitrogen and oxygen atoms in total. The molecule has 0 aromatic heterocycles. The van der Waals surface area contributed by atoms with Crippen LogP contribution in [0.1, 0.15) is 24.8 Å². The van der Waals surface area contributed by atoms with Gasteiger partial charge in [0.25, 0.3) is 0 Å². The molecule has 1 saturated heterocycles. The number of aliphatic carboxylic acids is 1. The summed E-state index contributed by atoms with van der Waals surface area (Å²) in [6.07, 6.45) is 1.48. The predicted molar refractivity (Wildman–Crippen MR) is 68.9 cm³/mol. The number of hydrogen-bond acceptors (Lipinski definition) is 2. The Bertz CT molecular complexity index is 501. The molecule has 0 aliphatic carbocycles. The largest absolute Gasteiger partial charge is 0.480 e. The molecular weight excluding hydrogens is 254 g/mol. The average molecular weight is 268 g/mol. The van der Waals surface area contributed by atoms with Gasteiger partial charge in [-0.25, -0.2) is 4.79 Å². The van der Waals surface area contributed by atoms with Crippen molar-refractivity contribution in [2.45, 2.75) is 32.2 Å². The Morgan fingerprint density at radius 1 is 1.50 bits per heavy atom. The number of amides is 1. The van der Waals surface area contributed by atoms with Crippen molar-refractivity contribution < 1.29 is 14.7 Å². The van der Waals surface area contributed by atoms with Gasteiger partial charge < -0.3 is 5.11 Å². The highest BCUT2D eigenvalue weighted by Gasteiger charge is 2.35. The molecule has 1 atom stereocenters. The fourth-order valence-electron chi connectivity index (χ4n) is 2.26. The zero-order valence-corrected chi connectivity index (χ0v) is 10.8. The Hall–Kier alpha value is -1.55. The molecule has 0 radical (unpaired) electrons. The Morgan fingerprint density at radius 3 is 2.89 bits per heavy atom. The van der Waals surface area contributed by atoms with Crippen molar-refractivity contribution in [1.82, 2.24) is 0 Å². The number of carboxylic acid groups (broad SMARTS) is 1. The molecule has 96 valence electrons. The maximum Gasteiger partial charge on any atom is 0.326 e. The van der Waals surface area contributed by atoms with Crippen LogP contribution in [0.15, 0.2) is 18.2 Å². The van der Waals surface area contributed by atoms with Crippen molar-refractivity contribution in [2.75, 3.05) is 4.90 Å². The minimum absolute atomic E-state index is 0.154. The van der Waals surface area contributed by atoms with Gasteiger partial charge in [0.1, 0.15) is 6.04 Å². The number of carboxylic acids is 1. The van der Waals surface area contributed by atoms with Gasteiger partial charge in [-0.15, -0.1) is 0 Å². The smallest absolute Gasteiger partial charge is 0.326 e. The number of rotatable bonds is 2. The zero-order chi connectivity index (χ0) is 13.3. The number of benzene rings is 1. The van der Waals surface area contributed by atoms with E-state index in [0.29, 0.717) is 30.0 Å². The maximum absolute atomic E-state index is 12.0. The summed E-state index contributed by atoms with van der Waals surface area (Å²) in [5.41, 5.74) is 1.33. The highest BCUT2D eigenvalue weighted by molar-refractivity contribution is 6.31. The van der Waals surface area contributed by atoms with Crippen LogP contribution in [0.4, 0.5) is 5.69 Å². The van der Waals surface area contributed by atoms with Crippen molar-refractivity contribution in [3.05, 3.63) is 28.8 Å². The summed E-state index contributed by atoms with van der Waals surface area (Å²) in [6, 6.07) is 4.40. The lowest BCUT2D eigenvalue weighted by Crippen LogP contribution is -2.48. The molecule has 2 rings (SSSR count). The molecule has 0 saturated carbocycles. The molecule has 1 aliphatic heterocycles. The highest BCUT2D eigenvalue weighted by Crippen LogP contribution is 2.32. The van der Waals surface area contributed by atoms with Crippen LogP contribution in [0.25, 0.3) is 0 Å². The molecule has 1 aromatic carbocycles. The fraction of sp³-hybridized carbons (Fsp3) is 0.385. The summed E-state index contributed by atoms with van der Waals surface area (Å²) >= 11 is 6.02. The molecule has 5 heteroatoms. The lowest BCUT2D eigenvalue weighted by atomic mass is 9.99. The second kappa shape index (κ2) is 4.98. The third kappa shape index (κ3) is 2.20. The van der Waals surface area contributed by atoms with Crippen molar-refractivity contribution in [1.29, 1.82) is 0 Å². The van der Waals surface area contributed by atoms with E-state index in [1.165, 1.54) is 4.90 Å². The molecule has 1 unspecified atom stereocenters. The SMILES string of the molecule is Cc1c(Cl)cccc1N1C(=O)CCCC1C(=O)O. The minimum Gasteiger partial charge on any atom is -0.480 e. The standard InChI is InChI=1S/C13H14ClNO3/c1-8-9(14)4-2-5-10(8)15-11(13(17)18)6-3-7-12(15)16/h2,4-5,11H,3,6-7H2,1H3,(H,17,18). The first-order valence-corrected chi connectivity index (χ1v) is 6.20. The molecule has 1 aromatic rings. The summed E-state index contributed by atoms with van der Waals surface area (Å²) in [7, 11) is 0. The third-order valence-corrected chi connectivity index (χ3v) is 3.64. The van der Waals surface area contributed by atoms with Crippen molar-refractivity contribution in [2.24, 2.45) is 0 Å². The summed E-state index contributed by atoms with van der Waals surface area (Å²) in [6.45, 7) is 1.79. The number of hydrogen-bond donors (Lipinski definition) is 1. The van der Waals surface area contributed by atoms with Crippen LogP contribution in [0.2, 0.25) is 5.02 Å². The summed E-state index contributed by atoms with van der Waals surface area (Å²) in [5.74, 6) is -1.12. The van der Waals surface area contributed by atoms with E-state index in [9.17, 15) is 14.7 Å².